The number of hydrogen-bond donors (Lipinski definition) is 1. The number of aliphatic carboxylic acids is 1. The second kappa shape index (κ2) is 5.69. The summed E-state index contributed by atoms with van der Waals surface area (Å²) in [6, 6.07) is 4.82. The summed E-state index contributed by atoms with van der Waals surface area (Å²) in [6.07, 6.45) is -0.0681. The van der Waals surface area contributed by atoms with E-state index in [1.807, 2.05) is 6.07 Å². The Kier molecular flexibility index (Phi) is 4.68. The molecule has 1 N–H and O–H groups in total. The molecule has 0 aliphatic heterocycles. The molecule has 0 saturated carbocycles. The van der Waals surface area contributed by atoms with Crippen LogP contribution in [-0.2, 0) is 14.8 Å². The molecule has 6 nitrogen and oxygen atoms in total. The van der Waals surface area contributed by atoms with Gasteiger partial charge in [-0.05, 0) is 25.3 Å². The number of carbonyl (C=O) groups is 1. The molecule has 0 fully saturated rings. The Morgan fingerprint density at radius 1 is 1.58 bits per heavy atom. The highest BCUT2D eigenvalue weighted by Crippen LogP contribution is 2.27. The molecule has 0 aromatic carbocycles. The first-order valence-corrected chi connectivity index (χ1v) is 7.73. The van der Waals surface area contributed by atoms with Crippen LogP contribution in [-0.4, -0.2) is 35.9 Å². The third kappa shape index (κ3) is 3.12. The van der Waals surface area contributed by atoms with Crippen molar-refractivity contribution in [2.24, 2.45) is 0 Å². The van der Waals surface area contributed by atoms with Crippen LogP contribution in [0.25, 0.3) is 0 Å². The third-order valence-corrected chi connectivity index (χ3v) is 6.06. The van der Waals surface area contributed by atoms with Crippen molar-refractivity contribution in [3.63, 3.8) is 0 Å². The maximum absolute atomic E-state index is 12.4. The number of hydrogen-bond acceptors (Lipinski definition) is 5. The van der Waals surface area contributed by atoms with E-state index in [1.54, 1.807) is 11.4 Å². The van der Waals surface area contributed by atoms with E-state index >= 15 is 0 Å². The predicted octanol–water partition coefficient (Wildman–Crippen LogP) is 1.52. The van der Waals surface area contributed by atoms with Gasteiger partial charge in [0.2, 0.25) is 0 Å². The molecule has 1 rings (SSSR count). The van der Waals surface area contributed by atoms with Gasteiger partial charge in [0.15, 0.2) is 0 Å². The molecular weight excluding hydrogens is 288 g/mol. The number of nitrogens with zero attached hydrogens (tertiary/aromatic N) is 2. The van der Waals surface area contributed by atoms with Crippen molar-refractivity contribution in [2.45, 2.75) is 30.0 Å². The van der Waals surface area contributed by atoms with E-state index < -0.39 is 21.5 Å². The molecule has 0 atom stereocenters. The Hall–Kier alpha value is -1.43. The standard InChI is InChI=1S/C11H14N2O4S2/c1-11(2,10(14)15)13(7-4-6-12)19(16,17)9-5-3-8-18-9/h3,5,8H,4,7H2,1-2H3,(H,14,15). The van der Waals surface area contributed by atoms with Crippen LogP contribution in [0.3, 0.4) is 0 Å². The van der Waals surface area contributed by atoms with Crippen LogP contribution in [0, 0.1) is 11.3 Å². The average molecular weight is 302 g/mol. The minimum atomic E-state index is -3.91. The lowest BCUT2D eigenvalue weighted by Crippen LogP contribution is -2.53. The molecule has 0 radical (unpaired) electrons. The molecule has 8 heteroatoms. The number of carboxylic acids is 1. The number of sulfonamides is 1. The minimum absolute atomic E-state index is 0.0681. The second-order valence-electron chi connectivity index (χ2n) is 4.28. The monoisotopic (exact) mass is 302 g/mol. The van der Waals surface area contributed by atoms with Gasteiger partial charge in [-0.25, -0.2) is 8.42 Å². The maximum Gasteiger partial charge on any atom is 0.324 e. The zero-order chi connectivity index (χ0) is 14.7. The molecule has 104 valence electrons. The van der Waals surface area contributed by atoms with Gasteiger partial charge in [-0.1, -0.05) is 6.07 Å². The summed E-state index contributed by atoms with van der Waals surface area (Å²) in [5.41, 5.74) is -1.61. The Labute approximate surface area is 115 Å². The summed E-state index contributed by atoms with van der Waals surface area (Å²) >= 11 is 1.01. The van der Waals surface area contributed by atoms with E-state index in [1.165, 1.54) is 19.9 Å². The molecular formula is C11H14N2O4S2. The average Bonchev–Trinajstić information content (AvgIpc) is 2.82. The fourth-order valence-corrected chi connectivity index (χ4v) is 4.33. The first kappa shape index (κ1) is 15.6. The lowest BCUT2D eigenvalue weighted by atomic mass is 10.1. The topological polar surface area (TPSA) is 98.5 Å². The Morgan fingerprint density at radius 2 is 2.21 bits per heavy atom. The Morgan fingerprint density at radius 3 is 2.63 bits per heavy atom. The fourth-order valence-electron chi connectivity index (χ4n) is 1.48. The molecule has 0 aliphatic rings. The zero-order valence-electron chi connectivity index (χ0n) is 10.5. The summed E-state index contributed by atoms with van der Waals surface area (Å²) in [6.45, 7) is 2.45. The first-order chi connectivity index (χ1) is 8.74. The van der Waals surface area contributed by atoms with Crippen molar-refractivity contribution in [3.05, 3.63) is 17.5 Å². The lowest BCUT2D eigenvalue weighted by molar-refractivity contribution is -0.146. The van der Waals surface area contributed by atoms with Crippen molar-refractivity contribution in [3.8, 4) is 6.07 Å². The van der Waals surface area contributed by atoms with Gasteiger partial charge in [-0.2, -0.15) is 9.57 Å². The predicted molar refractivity (Wildman–Crippen MR) is 70.2 cm³/mol. The normalized spacial score (nSPS) is 12.3. The lowest BCUT2D eigenvalue weighted by Gasteiger charge is -2.32. The van der Waals surface area contributed by atoms with Crippen LogP contribution < -0.4 is 0 Å². The molecule has 1 heterocycles. The van der Waals surface area contributed by atoms with E-state index in [0.29, 0.717) is 0 Å². The summed E-state index contributed by atoms with van der Waals surface area (Å²) in [7, 11) is -3.91. The van der Waals surface area contributed by atoms with Crippen molar-refractivity contribution in [1.82, 2.24) is 4.31 Å². The fraction of sp³-hybridized carbons (Fsp3) is 0.455. The van der Waals surface area contributed by atoms with Gasteiger partial charge in [-0.3, -0.25) is 4.79 Å². The molecule has 0 spiro atoms. The van der Waals surface area contributed by atoms with Crippen molar-refractivity contribution >= 4 is 27.3 Å². The van der Waals surface area contributed by atoms with Gasteiger partial charge in [0.05, 0.1) is 6.07 Å². The smallest absolute Gasteiger partial charge is 0.324 e. The summed E-state index contributed by atoms with van der Waals surface area (Å²) in [4.78, 5) is 11.3. The van der Waals surface area contributed by atoms with Crippen LogP contribution in [0.2, 0.25) is 0 Å². The minimum Gasteiger partial charge on any atom is -0.480 e. The van der Waals surface area contributed by atoms with Gasteiger partial charge in [-0.15, -0.1) is 11.3 Å². The first-order valence-electron chi connectivity index (χ1n) is 5.41. The molecule has 19 heavy (non-hydrogen) atoms. The van der Waals surface area contributed by atoms with Crippen LogP contribution in [0.15, 0.2) is 21.7 Å². The van der Waals surface area contributed by atoms with Crippen LogP contribution in [0.1, 0.15) is 20.3 Å². The highest BCUT2D eigenvalue weighted by molar-refractivity contribution is 7.91. The number of thiophene rings is 1. The molecule has 0 saturated heterocycles. The van der Waals surface area contributed by atoms with Gasteiger partial charge in [0.25, 0.3) is 10.0 Å². The molecule has 0 amide bonds. The van der Waals surface area contributed by atoms with E-state index in [2.05, 4.69) is 0 Å². The largest absolute Gasteiger partial charge is 0.480 e. The Bertz CT molecular complexity index is 585. The molecule has 1 aromatic heterocycles. The maximum atomic E-state index is 12.4. The van der Waals surface area contributed by atoms with Gasteiger partial charge in [0, 0.05) is 13.0 Å². The molecule has 0 aliphatic carbocycles. The number of carboxylic acid groups (broad SMARTS) is 1. The van der Waals surface area contributed by atoms with Gasteiger partial charge < -0.3 is 5.11 Å². The second-order valence-corrected chi connectivity index (χ2v) is 7.32. The third-order valence-electron chi connectivity index (χ3n) is 2.61. The molecule has 1 aromatic rings. The summed E-state index contributed by atoms with van der Waals surface area (Å²) < 4.78 is 25.8. The molecule has 0 unspecified atom stereocenters. The van der Waals surface area contributed by atoms with E-state index in [4.69, 9.17) is 5.26 Å². The van der Waals surface area contributed by atoms with E-state index in [-0.39, 0.29) is 17.2 Å². The number of rotatable bonds is 6. The van der Waals surface area contributed by atoms with Crippen LogP contribution in [0.4, 0.5) is 0 Å². The van der Waals surface area contributed by atoms with Crippen LogP contribution >= 0.6 is 11.3 Å². The van der Waals surface area contributed by atoms with Crippen molar-refractivity contribution < 1.29 is 18.3 Å². The summed E-state index contributed by atoms with van der Waals surface area (Å²) in [5.74, 6) is -1.26. The highest BCUT2D eigenvalue weighted by atomic mass is 32.2. The molecule has 0 bridgehead atoms. The van der Waals surface area contributed by atoms with Crippen molar-refractivity contribution in [1.29, 1.82) is 5.26 Å². The van der Waals surface area contributed by atoms with Gasteiger partial charge >= 0.3 is 5.97 Å². The SMILES string of the molecule is CC(C)(C(=O)O)N(CCC#N)S(=O)(=O)c1cccs1. The van der Waals surface area contributed by atoms with E-state index in [9.17, 15) is 18.3 Å². The zero-order valence-corrected chi connectivity index (χ0v) is 12.2. The van der Waals surface area contributed by atoms with E-state index in [0.717, 1.165) is 15.6 Å². The van der Waals surface area contributed by atoms with Crippen molar-refractivity contribution in [2.75, 3.05) is 6.54 Å². The van der Waals surface area contributed by atoms with Crippen LogP contribution in [0.5, 0.6) is 0 Å². The highest BCUT2D eigenvalue weighted by Gasteiger charge is 2.42. The summed E-state index contributed by atoms with van der Waals surface area (Å²) in [5, 5.41) is 19.4. The quantitative estimate of drug-likeness (QED) is 0.859. The Balaban J connectivity index is 3.26. The van der Waals surface area contributed by atoms with Gasteiger partial charge in [0.1, 0.15) is 9.75 Å². The number of nitriles is 1.